The molecule has 25 heavy (non-hydrogen) atoms. The number of ether oxygens (including phenoxy) is 1. The van der Waals surface area contributed by atoms with E-state index in [4.69, 9.17) is 16.3 Å². The minimum absolute atomic E-state index is 0.225. The highest BCUT2D eigenvalue weighted by Gasteiger charge is 2.23. The zero-order valence-electron chi connectivity index (χ0n) is 12.8. The summed E-state index contributed by atoms with van der Waals surface area (Å²) >= 11 is 5.85. The number of carbonyl (C=O) groups excluding carboxylic acids is 1. The largest absolute Gasteiger partial charge is 0.447 e. The molecule has 0 saturated heterocycles. The highest BCUT2D eigenvalue weighted by molar-refractivity contribution is 6.33. The highest BCUT2D eigenvalue weighted by Crippen LogP contribution is 2.28. The minimum atomic E-state index is -1.18. The first kappa shape index (κ1) is 17.0. The fraction of sp³-hybridized carbons (Fsp3) is 0.0526. The number of carbonyl (C=O) groups is 1. The Hall–Kier alpha value is -2.79. The van der Waals surface area contributed by atoms with Crippen molar-refractivity contribution in [2.45, 2.75) is 6.10 Å². The predicted octanol–water partition coefficient (Wildman–Crippen LogP) is 4.96. The molecule has 2 aromatic carbocycles. The van der Waals surface area contributed by atoms with Crippen LogP contribution in [0.5, 0.6) is 0 Å². The Morgan fingerprint density at radius 1 is 1.00 bits per heavy atom. The third-order valence-corrected chi connectivity index (χ3v) is 3.83. The Balaban J connectivity index is 1.96. The van der Waals surface area contributed by atoms with Gasteiger partial charge in [0.05, 0.1) is 16.3 Å². The second kappa shape index (κ2) is 7.40. The Bertz CT molecular complexity index is 849. The summed E-state index contributed by atoms with van der Waals surface area (Å²) < 4.78 is 32.2. The Labute approximate surface area is 147 Å². The summed E-state index contributed by atoms with van der Waals surface area (Å²) in [4.78, 5) is 16.7. The number of aromatic nitrogens is 1. The van der Waals surface area contributed by atoms with Gasteiger partial charge < -0.3 is 4.74 Å². The standard InChI is InChI=1S/C19H12ClF2NO2/c20-14-11-16(22)15(21)10-13(14)19(24)25-18(12-6-2-1-3-7-12)17-8-4-5-9-23-17/h1-11,18H. The summed E-state index contributed by atoms with van der Waals surface area (Å²) in [5.74, 6) is -3.18. The van der Waals surface area contributed by atoms with E-state index in [1.54, 1.807) is 48.7 Å². The van der Waals surface area contributed by atoms with Crippen molar-refractivity contribution in [1.29, 1.82) is 0 Å². The molecule has 0 saturated carbocycles. The van der Waals surface area contributed by atoms with Crippen LogP contribution in [-0.4, -0.2) is 11.0 Å². The van der Waals surface area contributed by atoms with Crippen molar-refractivity contribution < 1.29 is 18.3 Å². The second-order valence-corrected chi connectivity index (χ2v) is 5.60. The molecule has 3 aromatic rings. The molecule has 1 unspecified atom stereocenters. The number of hydrogen-bond donors (Lipinski definition) is 0. The maximum absolute atomic E-state index is 13.4. The third-order valence-electron chi connectivity index (χ3n) is 3.51. The van der Waals surface area contributed by atoms with Crippen LogP contribution in [0.2, 0.25) is 5.02 Å². The maximum atomic E-state index is 13.4. The molecule has 126 valence electrons. The van der Waals surface area contributed by atoms with Crippen molar-refractivity contribution in [2.24, 2.45) is 0 Å². The summed E-state index contributed by atoms with van der Waals surface area (Å²) in [6, 6.07) is 15.6. The van der Waals surface area contributed by atoms with Crippen LogP contribution in [0.1, 0.15) is 27.7 Å². The lowest BCUT2D eigenvalue weighted by Gasteiger charge is -2.18. The van der Waals surface area contributed by atoms with Crippen molar-refractivity contribution in [3.63, 3.8) is 0 Å². The van der Waals surface area contributed by atoms with Crippen LogP contribution < -0.4 is 0 Å². The van der Waals surface area contributed by atoms with E-state index in [0.717, 1.165) is 12.1 Å². The molecular weight excluding hydrogens is 348 g/mol. The van der Waals surface area contributed by atoms with E-state index in [2.05, 4.69) is 4.98 Å². The van der Waals surface area contributed by atoms with Crippen LogP contribution in [0.25, 0.3) is 0 Å². The van der Waals surface area contributed by atoms with Crippen LogP contribution in [0.3, 0.4) is 0 Å². The van der Waals surface area contributed by atoms with Gasteiger partial charge in [-0.25, -0.2) is 13.6 Å². The highest BCUT2D eigenvalue weighted by atomic mass is 35.5. The molecule has 0 N–H and O–H groups in total. The number of halogens is 3. The number of hydrogen-bond acceptors (Lipinski definition) is 3. The van der Waals surface area contributed by atoms with E-state index in [1.807, 2.05) is 6.07 Å². The van der Waals surface area contributed by atoms with Gasteiger partial charge in [-0.2, -0.15) is 0 Å². The maximum Gasteiger partial charge on any atom is 0.340 e. The lowest BCUT2D eigenvalue weighted by Crippen LogP contribution is -2.15. The summed E-state index contributed by atoms with van der Waals surface area (Å²) in [6.07, 6.45) is 0.767. The number of esters is 1. The topological polar surface area (TPSA) is 39.2 Å². The molecule has 0 aliphatic carbocycles. The first-order chi connectivity index (χ1) is 12.1. The Morgan fingerprint density at radius 2 is 1.68 bits per heavy atom. The quantitative estimate of drug-likeness (QED) is 0.488. The van der Waals surface area contributed by atoms with Gasteiger partial charge in [-0.05, 0) is 29.8 Å². The number of pyridine rings is 1. The van der Waals surface area contributed by atoms with Crippen molar-refractivity contribution in [3.8, 4) is 0 Å². The fourth-order valence-corrected chi connectivity index (χ4v) is 2.54. The van der Waals surface area contributed by atoms with E-state index in [9.17, 15) is 13.6 Å². The van der Waals surface area contributed by atoms with Crippen LogP contribution in [0.4, 0.5) is 8.78 Å². The molecule has 3 nitrogen and oxygen atoms in total. The fourth-order valence-electron chi connectivity index (χ4n) is 2.31. The van der Waals surface area contributed by atoms with Crippen LogP contribution in [-0.2, 0) is 4.74 Å². The average molecular weight is 360 g/mol. The van der Waals surface area contributed by atoms with Gasteiger partial charge in [-0.3, -0.25) is 4.98 Å². The van der Waals surface area contributed by atoms with Gasteiger partial charge in [-0.1, -0.05) is 48.0 Å². The lowest BCUT2D eigenvalue weighted by atomic mass is 10.1. The van der Waals surface area contributed by atoms with E-state index in [0.29, 0.717) is 11.3 Å². The zero-order chi connectivity index (χ0) is 17.8. The molecule has 0 radical (unpaired) electrons. The van der Waals surface area contributed by atoms with E-state index in [-0.39, 0.29) is 10.6 Å². The second-order valence-electron chi connectivity index (χ2n) is 5.20. The minimum Gasteiger partial charge on any atom is -0.447 e. The van der Waals surface area contributed by atoms with E-state index < -0.39 is 23.7 Å². The number of nitrogens with zero attached hydrogens (tertiary/aromatic N) is 1. The average Bonchev–Trinajstić information content (AvgIpc) is 2.64. The van der Waals surface area contributed by atoms with Gasteiger partial charge in [0.15, 0.2) is 17.7 Å². The van der Waals surface area contributed by atoms with Crippen LogP contribution >= 0.6 is 11.6 Å². The smallest absolute Gasteiger partial charge is 0.340 e. The summed E-state index contributed by atoms with van der Waals surface area (Å²) in [6.45, 7) is 0. The lowest BCUT2D eigenvalue weighted by molar-refractivity contribution is 0.0370. The van der Waals surface area contributed by atoms with E-state index >= 15 is 0 Å². The van der Waals surface area contributed by atoms with Crippen molar-refractivity contribution in [1.82, 2.24) is 4.98 Å². The van der Waals surface area contributed by atoms with Gasteiger partial charge in [0, 0.05) is 6.20 Å². The molecule has 0 fully saturated rings. The van der Waals surface area contributed by atoms with Gasteiger partial charge >= 0.3 is 5.97 Å². The third kappa shape index (κ3) is 3.83. The first-order valence-corrected chi connectivity index (χ1v) is 7.75. The van der Waals surface area contributed by atoms with Gasteiger partial charge in [0.2, 0.25) is 0 Å². The van der Waals surface area contributed by atoms with Crippen molar-refractivity contribution >= 4 is 17.6 Å². The molecule has 6 heteroatoms. The molecule has 3 rings (SSSR count). The molecule has 0 bridgehead atoms. The summed E-state index contributed by atoms with van der Waals surface area (Å²) in [5, 5.41) is -0.225. The van der Waals surface area contributed by atoms with Crippen molar-refractivity contribution in [3.05, 3.63) is 100 Å². The van der Waals surface area contributed by atoms with Crippen LogP contribution in [0, 0.1) is 11.6 Å². The molecule has 1 heterocycles. The van der Waals surface area contributed by atoms with Gasteiger partial charge in [0.25, 0.3) is 0 Å². The monoisotopic (exact) mass is 359 g/mol. The molecule has 0 spiro atoms. The number of rotatable bonds is 4. The first-order valence-electron chi connectivity index (χ1n) is 7.37. The molecule has 0 amide bonds. The normalized spacial score (nSPS) is 11.8. The number of benzene rings is 2. The Kier molecular flexibility index (Phi) is 5.05. The Morgan fingerprint density at radius 3 is 2.36 bits per heavy atom. The van der Waals surface area contributed by atoms with E-state index in [1.165, 1.54) is 0 Å². The summed E-state index contributed by atoms with van der Waals surface area (Å²) in [7, 11) is 0. The zero-order valence-corrected chi connectivity index (χ0v) is 13.6. The van der Waals surface area contributed by atoms with Crippen LogP contribution in [0.15, 0.2) is 66.9 Å². The molecule has 0 aliphatic rings. The summed E-state index contributed by atoms with van der Waals surface area (Å²) in [5.41, 5.74) is 0.937. The molecular formula is C19H12ClF2NO2. The molecule has 0 aliphatic heterocycles. The predicted molar refractivity (Wildman–Crippen MR) is 89.3 cm³/mol. The van der Waals surface area contributed by atoms with Crippen molar-refractivity contribution in [2.75, 3.05) is 0 Å². The van der Waals surface area contributed by atoms with Gasteiger partial charge in [-0.15, -0.1) is 0 Å². The molecule has 1 aromatic heterocycles. The van der Waals surface area contributed by atoms with Gasteiger partial charge in [0.1, 0.15) is 0 Å². The molecule has 1 atom stereocenters. The SMILES string of the molecule is O=C(OC(c1ccccc1)c1ccccn1)c1cc(F)c(F)cc1Cl.